The van der Waals surface area contributed by atoms with Crippen LogP contribution < -0.4 is 4.74 Å². The largest absolute Gasteiger partial charge is 0.493 e. The Morgan fingerprint density at radius 3 is 2.68 bits per heavy atom. The Balaban J connectivity index is 2.35. The Morgan fingerprint density at radius 1 is 1.42 bits per heavy atom. The van der Waals surface area contributed by atoms with Crippen LogP contribution in [-0.4, -0.2) is 30.5 Å². The van der Waals surface area contributed by atoms with Crippen molar-refractivity contribution in [3.05, 3.63) is 30.3 Å². The van der Waals surface area contributed by atoms with Gasteiger partial charge in [-0.3, -0.25) is 4.79 Å². The summed E-state index contributed by atoms with van der Waals surface area (Å²) >= 11 is 0. The van der Waals surface area contributed by atoms with Gasteiger partial charge in [-0.1, -0.05) is 18.2 Å². The zero-order valence-electron chi connectivity index (χ0n) is 11.5. The standard InChI is InChI=1S/C15H20N2O2/c1-3-17(12-13(2)11-16)15(18)9-10-19-14-7-5-4-6-8-14/h4-8,13H,3,9-10,12H2,1-2H3/t13-/m0/s1. The number of nitrogens with zero attached hydrogens (tertiary/aromatic N) is 2. The van der Waals surface area contributed by atoms with Crippen molar-refractivity contribution in [1.82, 2.24) is 4.90 Å². The van der Waals surface area contributed by atoms with Crippen molar-refractivity contribution in [3.63, 3.8) is 0 Å². The van der Waals surface area contributed by atoms with Gasteiger partial charge in [0.1, 0.15) is 5.75 Å². The van der Waals surface area contributed by atoms with Crippen LogP contribution in [0.15, 0.2) is 30.3 Å². The van der Waals surface area contributed by atoms with Crippen LogP contribution in [0.25, 0.3) is 0 Å². The number of ether oxygens (including phenoxy) is 1. The number of carbonyl (C=O) groups is 1. The molecule has 0 N–H and O–H groups in total. The molecule has 0 saturated heterocycles. The molecular formula is C15H20N2O2. The highest BCUT2D eigenvalue weighted by molar-refractivity contribution is 5.76. The van der Waals surface area contributed by atoms with E-state index in [1.807, 2.05) is 44.2 Å². The monoisotopic (exact) mass is 260 g/mol. The van der Waals surface area contributed by atoms with E-state index in [9.17, 15) is 4.79 Å². The molecule has 0 aliphatic rings. The quantitative estimate of drug-likeness (QED) is 0.756. The summed E-state index contributed by atoms with van der Waals surface area (Å²) in [6, 6.07) is 11.6. The third-order valence-corrected chi connectivity index (χ3v) is 2.78. The van der Waals surface area contributed by atoms with E-state index in [0.29, 0.717) is 26.1 Å². The summed E-state index contributed by atoms with van der Waals surface area (Å²) in [7, 11) is 0. The minimum absolute atomic E-state index is 0.0283. The van der Waals surface area contributed by atoms with E-state index in [0.717, 1.165) is 5.75 Å². The van der Waals surface area contributed by atoms with Gasteiger partial charge in [-0.15, -0.1) is 0 Å². The third kappa shape index (κ3) is 5.43. The summed E-state index contributed by atoms with van der Waals surface area (Å²) in [5.41, 5.74) is 0. The molecule has 4 heteroatoms. The fraction of sp³-hybridized carbons (Fsp3) is 0.467. The van der Waals surface area contributed by atoms with Crippen molar-refractivity contribution in [3.8, 4) is 11.8 Å². The van der Waals surface area contributed by atoms with E-state index in [2.05, 4.69) is 6.07 Å². The molecule has 0 aliphatic heterocycles. The van der Waals surface area contributed by atoms with Crippen molar-refractivity contribution >= 4 is 5.91 Å². The highest BCUT2D eigenvalue weighted by Crippen LogP contribution is 2.09. The topological polar surface area (TPSA) is 53.3 Å². The average molecular weight is 260 g/mol. The fourth-order valence-corrected chi connectivity index (χ4v) is 1.71. The van der Waals surface area contributed by atoms with Gasteiger partial charge < -0.3 is 9.64 Å². The number of para-hydroxylation sites is 1. The maximum atomic E-state index is 12.0. The van der Waals surface area contributed by atoms with Crippen LogP contribution in [-0.2, 0) is 4.79 Å². The second kappa shape index (κ2) is 8.15. The van der Waals surface area contributed by atoms with Crippen molar-refractivity contribution in [2.75, 3.05) is 19.7 Å². The van der Waals surface area contributed by atoms with Crippen molar-refractivity contribution in [1.29, 1.82) is 5.26 Å². The molecule has 0 aliphatic carbocycles. The van der Waals surface area contributed by atoms with Gasteiger partial charge in [0.05, 0.1) is 25.0 Å². The molecule has 1 amide bonds. The second-order valence-electron chi connectivity index (χ2n) is 4.37. The summed E-state index contributed by atoms with van der Waals surface area (Å²) in [5, 5.41) is 8.77. The van der Waals surface area contributed by atoms with Crippen LogP contribution >= 0.6 is 0 Å². The van der Waals surface area contributed by atoms with Crippen molar-refractivity contribution in [2.45, 2.75) is 20.3 Å². The molecule has 19 heavy (non-hydrogen) atoms. The highest BCUT2D eigenvalue weighted by Gasteiger charge is 2.14. The normalized spacial score (nSPS) is 11.4. The molecular weight excluding hydrogens is 240 g/mol. The fourth-order valence-electron chi connectivity index (χ4n) is 1.71. The highest BCUT2D eigenvalue weighted by atomic mass is 16.5. The molecule has 0 fully saturated rings. The van der Waals surface area contributed by atoms with E-state index in [-0.39, 0.29) is 11.8 Å². The van der Waals surface area contributed by atoms with Crippen LogP contribution in [0.5, 0.6) is 5.75 Å². The van der Waals surface area contributed by atoms with Gasteiger partial charge in [-0.25, -0.2) is 0 Å². The first-order valence-corrected chi connectivity index (χ1v) is 6.52. The summed E-state index contributed by atoms with van der Waals surface area (Å²) < 4.78 is 5.49. The molecule has 0 aromatic heterocycles. The van der Waals surface area contributed by atoms with Gasteiger partial charge in [0.15, 0.2) is 0 Å². The first kappa shape index (κ1) is 15.0. The van der Waals surface area contributed by atoms with Gasteiger partial charge in [0.25, 0.3) is 0 Å². The van der Waals surface area contributed by atoms with Gasteiger partial charge in [0.2, 0.25) is 5.91 Å². The predicted octanol–water partition coefficient (Wildman–Crippen LogP) is 2.46. The number of carbonyl (C=O) groups excluding carboxylic acids is 1. The second-order valence-corrected chi connectivity index (χ2v) is 4.37. The molecule has 0 bridgehead atoms. The molecule has 1 atom stereocenters. The van der Waals surface area contributed by atoms with Crippen LogP contribution in [0, 0.1) is 17.2 Å². The van der Waals surface area contributed by atoms with Gasteiger partial charge in [-0.2, -0.15) is 5.26 Å². The Hall–Kier alpha value is -2.02. The Labute approximate surface area is 114 Å². The lowest BCUT2D eigenvalue weighted by atomic mass is 10.2. The molecule has 102 valence electrons. The van der Waals surface area contributed by atoms with Gasteiger partial charge in [-0.05, 0) is 26.0 Å². The number of hydrogen-bond donors (Lipinski definition) is 0. The van der Waals surface area contributed by atoms with Gasteiger partial charge in [0, 0.05) is 13.1 Å². The molecule has 0 heterocycles. The number of hydrogen-bond acceptors (Lipinski definition) is 3. The molecule has 4 nitrogen and oxygen atoms in total. The molecule has 0 spiro atoms. The number of amides is 1. The Bertz CT molecular complexity index is 426. The molecule has 1 aromatic carbocycles. The first-order chi connectivity index (χ1) is 9.17. The number of benzene rings is 1. The maximum Gasteiger partial charge on any atom is 0.226 e. The van der Waals surface area contributed by atoms with E-state index in [4.69, 9.17) is 10.00 Å². The van der Waals surface area contributed by atoms with Crippen LogP contribution in [0.1, 0.15) is 20.3 Å². The van der Waals surface area contributed by atoms with Crippen LogP contribution in [0.3, 0.4) is 0 Å². The van der Waals surface area contributed by atoms with E-state index in [1.54, 1.807) is 4.90 Å². The molecule has 1 rings (SSSR count). The van der Waals surface area contributed by atoms with Crippen LogP contribution in [0.2, 0.25) is 0 Å². The third-order valence-electron chi connectivity index (χ3n) is 2.78. The Kier molecular flexibility index (Phi) is 6.45. The lowest BCUT2D eigenvalue weighted by molar-refractivity contribution is -0.131. The zero-order chi connectivity index (χ0) is 14.1. The van der Waals surface area contributed by atoms with Crippen molar-refractivity contribution < 1.29 is 9.53 Å². The summed E-state index contributed by atoms with van der Waals surface area (Å²) in [4.78, 5) is 13.6. The minimum atomic E-state index is -0.140. The molecule has 1 aromatic rings. The van der Waals surface area contributed by atoms with E-state index in [1.165, 1.54) is 0 Å². The average Bonchev–Trinajstić information content (AvgIpc) is 2.45. The first-order valence-electron chi connectivity index (χ1n) is 6.52. The lowest BCUT2D eigenvalue weighted by Gasteiger charge is -2.22. The SMILES string of the molecule is CCN(C[C@@H](C)C#N)C(=O)CCOc1ccccc1. The smallest absolute Gasteiger partial charge is 0.226 e. The summed E-state index contributed by atoms with van der Waals surface area (Å²) in [6.07, 6.45) is 0.334. The van der Waals surface area contributed by atoms with Crippen LogP contribution in [0.4, 0.5) is 0 Å². The number of nitriles is 1. The van der Waals surface area contributed by atoms with E-state index < -0.39 is 0 Å². The zero-order valence-corrected chi connectivity index (χ0v) is 11.5. The predicted molar refractivity (Wildman–Crippen MR) is 73.6 cm³/mol. The molecule has 0 radical (unpaired) electrons. The lowest BCUT2D eigenvalue weighted by Crippen LogP contribution is -2.35. The summed E-state index contributed by atoms with van der Waals surface area (Å²) in [5.74, 6) is 0.656. The minimum Gasteiger partial charge on any atom is -0.493 e. The van der Waals surface area contributed by atoms with Crippen molar-refractivity contribution in [2.24, 2.45) is 5.92 Å². The maximum absolute atomic E-state index is 12.0. The summed E-state index contributed by atoms with van der Waals surface area (Å²) in [6.45, 7) is 5.20. The number of rotatable bonds is 7. The Morgan fingerprint density at radius 2 is 2.11 bits per heavy atom. The molecule has 0 unspecified atom stereocenters. The van der Waals surface area contributed by atoms with E-state index >= 15 is 0 Å². The molecule has 0 saturated carbocycles. The van der Waals surface area contributed by atoms with Gasteiger partial charge >= 0.3 is 0 Å².